The molecule has 7 nitrogen and oxygen atoms in total. The normalized spacial score (nSPS) is 17.5. The average molecular weight is 442 g/mol. The van der Waals surface area contributed by atoms with Crippen molar-refractivity contribution < 1.29 is 9.59 Å². The fourth-order valence-electron chi connectivity index (χ4n) is 3.77. The molecule has 8 heteroatoms. The zero-order chi connectivity index (χ0) is 21.6. The minimum absolute atomic E-state index is 0.0425. The van der Waals surface area contributed by atoms with E-state index in [1.165, 1.54) is 16.9 Å². The Morgan fingerprint density at radius 2 is 1.68 bits per heavy atom. The minimum Gasteiger partial charge on any atom is -0.352 e. The summed E-state index contributed by atoms with van der Waals surface area (Å²) < 4.78 is 0. The van der Waals surface area contributed by atoms with E-state index in [0.717, 1.165) is 63.1 Å². The van der Waals surface area contributed by atoms with Gasteiger partial charge in [0.1, 0.15) is 0 Å². The lowest BCUT2D eigenvalue weighted by atomic mass is 10.1. The Hall–Kier alpha value is -2.29. The van der Waals surface area contributed by atoms with Gasteiger partial charge in [0.25, 0.3) is 0 Å². The zero-order valence-electron chi connectivity index (χ0n) is 18.1. The van der Waals surface area contributed by atoms with Gasteiger partial charge in [0.05, 0.1) is 18.8 Å². The number of aryl methyl sites for hydroxylation is 1. The van der Waals surface area contributed by atoms with Crippen LogP contribution in [-0.2, 0) is 16.0 Å². The van der Waals surface area contributed by atoms with Gasteiger partial charge in [-0.05, 0) is 24.8 Å². The molecule has 1 aliphatic heterocycles. The number of thiazole rings is 1. The molecule has 1 saturated heterocycles. The molecule has 0 atom stereocenters. The summed E-state index contributed by atoms with van der Waals surface area (Å²) in [7, 11) is 0. The Bertz CT molecular complexity index is 886. The summed E-state index contributed by atoms with van der Waals surface area (Å²) in [6, 6.07) is 8.88. The summed E-state index contributed by atoms with van der Waals surface area (Å²) in [6.45, 7) is 6.18. The number of nitrogens with zero attached hydrogens (tertiary/aromatic N) is 3. The van der Waals surface area contributed by atoms with Gasteiger partial charge in [-0.2, -0.15) is 0 Å². The van der Waals surface area contributed by atoms with Crippen molar-refractivity contribution in [3.05, 3.63) is 35.2 Å². The topological polar surface area (TPSA) is 77.6 Å². The van der Waals surface area contributed by atoms with Crippen molar-refractivity contribution in [3.8, 4) is 11.3 Å². The van der Waals surface area contributed by atoms with Crippen LogP contribution in [0, 0.1) is 0 Å². The Balaban J connectivity index is 1.20. The highest BCUT2D eigenvalue weighted by atomic mass is 32.1. The molecule has 1 aromatic heterocycles. The minimum atomic E-state index is -0.0425. The van der Waals surface area contributed by atoms with Crippen LogP contribution in [0.1, 0.15) is 31.7 Å². The number of piperazine rings is 1. The molecule has 2 aromatic rings. The van der Waals surface area contributed by atoms with E-state index in [9.17, 15) is 9.59 Å². The van der Waals surface area contributed by atoms with Crippen molar-refractivity contribution in [1.29, 1.82) is 0 Å². The van der Waals surface area contributed by atoms with Crippen LogP contribution in [0.15, 0.2) is 29.6 Å². The molecule has 31 heavy (non-hydrogen) atoms. The number of aromatic nitrogens is 1. The highest BCUT2D eigenvalue weighted by Gasteiger charge is 2.25. The maximum absolute atomic E-state index is 12.5. The molecular weight excluding hydrogens is 410 g/mol. The summed E-state index contributed by atoms with van der Waals surface area (Å²) >= 11 is 1.45. The third kappa shape index (κ3) is 6.59. The third-order valence-electron chi connectivity index (χ3n) is 5.68. The van der Waals surface area contributed by atoms with Crippen LogP contribution in [0.5, 0.6) is 0 Å². The summed E-state index contributed by atoms with van der Waals surface area (Å²) in [6.07, 6.45) is 4.44. The quantitative estimate of drug-likeness (QED) is 0.626. The monoisotopic (exact) mass is 441 g/mol. The average Bonchev–Trinajstić information content (AvgIpc) is 3.45. The molecule has 166 valence electrons. The van der Waals surface area contributed by atoms with Crippen molar-refractivity contribution in [2.45, 2.75) is 38.6 Å². The number of nitrogens with one attached hydrogen (secondary N) is 2. The van der Waals surface area contributed by atoms with Gasteiger partial charge >= 0.3 is 0 Å². The van der Waals surface area contributed by atoms with Gasteiger partial charge in [0.15, 0.2) is 5.13 Å². The number of amides is 2. The second-order valence-electron chi connectivity index (χ2n) is 8.43. The van der Waals surface area contributed by atoms with Crippen LogP contribution in [-0.4, -0.2) is 71.9 Å². The molecule has 2 aliphatic rings. The maximum atomic E-state index is 12.5. The largest absolute Gasteiger partial charge is 0.352 e. The first kappa shape index (κ1) is 21.9. The van der Waals surface area contributed by atoms with Gasteiger partial charge in [-0.25, -0.2) is 4.98 Å². The Kier molecular flexibility index (Phi) is 7.32. The van der Waals surface area contributed by atoms with Crippen molar-refractivity contribution in [2.75, 3.05) is 44.6 Å². The zero-order valence-corrected chi connectivity index (χ0v) is 18.9. The molecule has 2 heterocycles. The predicted molar refractivity (Wildman–Crippen MR) is 124 cm³/mol. The highest BCUT2D eigenvalue weighted by molar-refractivity contribution is 7.14. The summed E-state index contributed by atoms with van der Waals surface area (Å²) in [5.41, 5.74) is 3.29. The number of rotatable bonds is 9. The molecule has 0 radical (unpaired) electrons. The molecule has 0 unspecified atom stereocenters. The first-order chi connectivity index (χ1) is 15.1. The second kappa shape index (κ2) is 10.3. The lowest BCUT2D eigenvalue weighted by Gasteiger charge is -2.33. The van der Waals surface area contributed by atoms with Crippen LogP contribution in [0.25, 0.3) is 11.3 Å². The first-order valence-electron chi connectivity index (χ1n) is 11.2. The molecule has 4 rings (SSSR count). The number of hydrogen-bond acceptors (Lipinski definition) is 6. The second-order valence-corrected chi connectivity index (χ2v) is 9.29. The van der Waals surface area contributed by atoms with E-state index in [1.54, 1.807) is 0 Å². The van der Waals surface area contributed by atoms with Gasteiger partial charge in [-0.1, -0.05) is 37.6 Å². The number of benzene rings is 1. The van der Waals surface area contributed by atoms with Crippen LogP contribution < -0.4 is 10.6 Å². The van der Waals surface area contributed by atoms with Crippen molar-refractivity contribution >= 4 is 28.3 Å². The predicted octanol–water partition coefficient (Wildman–Crippen LogP) is 2.60. The van der Waals surface area contributed by atoms with E-state index in [1.807, 2.05) is 5.38 Å². The van der Waals surface area contributed by atoms with Gasteiger partial charge in [-0.15, -0.1) is 11.3 Å². The third-order valence-corrected chi connectivity index (χ3v) is 6.44. The summed E-state index contributed by atoms with van der Waals surface area (Å²) in [5, 5.41) is 8.58. The van der Waals surface area contributed by atoms with E-state index in [4.69, 9.17) is 0 Å². The van der Waals surface area contributed by atoms with E-state index < -0.39 is 0 Å². The first-order valence-corrected chi connectivity index (χ1v) is 12.1. The van der Waals surface area contributed by atoms with Gasteiger partial charge in [0.2, 0.25) is 11.8 Å². The molecule has 1 aromatic carbocycles. The fraction of sp³-hybridized carbons (Fsp3) is 0.522. The maximum Gasteiger partial charge on any atom is 0.240 e. The molecular formula is C23H31N5O2S. The van der Waals surface area contributed by atoms with Crippen molar-refractivity contribution in [3.63, 3.8) is 0 Å². The smallest absolute Gasteiger partial charge is 0.240 e. The molecule has 2 amide bonds. The lowest BCUT2D eigenvalue weighted by Crippen LogP contribution is -2.51. The van der Waals surface area contributed by atoms with E-state index >= 15 is 0 Å². The van der Waals surface area contributed by atoms with E-state index in [-0.39, 0.29) is 11.8 Å². The van der Waals surface area contributed by atoms with Crippen LogP contribution in [0.2, 0.25) is 0 Å². The van der Waals surface area contributed by atoms with Crippen molar-refractivity contribution in [2.24, 2.45) is 0 Å². The number of carbonyl (C=O) groups is 2. The standard InChI is InChI=1S/C23H31N5O2S/c1-2-3-17-4-6-18(7-5-17)20-16-31-23(25-20)26-22(30)15-28-12-10-27(11-13-28)14-21(29)24-19-8-9-19/h4-7,16,19H,2-3,8-15H2,1H3,(H,24,29)(H,25,26,30). The number of hydrogen-bond donors (Lipinski definition) is 2. The Morgan fingerprint density at radius 3 is 2.29 bits per heavy atom. The van der Waals surface area contributed by atoms with Crippen LogP contribution in [0.4, 0.5) is 5.13 Å². The molecule has 0 spiro atoms. The Morgan fingerprint density at radius 1 is 1.03 bits per heavy atom. The van der Waals surface area contributed by atoms with Crippen LogP contribution >= 0.6 is 11.3 Å². The van der Waals surface area contributed by atoms with Crippen LogP contribution in [0.3, 0.4) is 0 Å². The number of anilines is 1. The summed E-state index contributed by atoms with van der Waals surface area (Å²) in [5.74, 6) is 0.0763. The fourth-order valence-corrected chi connectivity index (χ4v) is 4.50. The summed E-state index contributed by atoms with van der Waals surface area (Å²) in [4.78, 5) is 33.3. The molecule has 0 bridgehead atoms. The Labute approximate surface area is 187 Å². The van der Waals surface area contributed by atoms with Gasteiger partial charge in [-0.3, -0.25) is 19.4 Å². The van der Waals surface area contributed by atoms with E-state index in [0.29, 0.717) is 24.3 Å². The van der Waals surface area contributed by atoms with Crippen molar-refractivity contribution in [1.82, 2.24) is 20.1 Å². The van der Waals surface area contributed by atoms with Gasteiger partial charge < -0.3 is 10.6 Å². The molecule has 2 fully saturated rings. The lowest BCUT2D eigenvalue weighted by molar-refractivity contribution is -0.123. The van der Waals surface area contributed by atoms with Gasteiger partial charge in [0, 0.05) is 43.2 Å². The van der Waals surface area contributed by atoms with E-state index in [2.05, 4.69) is 56.6 Å². The molecule has 1 aliphatic carbocycles. The molecule has 1 saturated carbocycles. The highest BCUT2D eigenvalue weighted by Crippen LogP contribution is 2.25. The molecule has 2 N–H and O–H groups in total. The number of carbonyl (C=O) groups excluding carboxylic acids is 2. The SMILES string of the molecule is CCCc1ccc(-c2csc(NC(=O)CN3CCN(CC(=O)NC4CC4)CC3)n2)cc1.